The lowest BCUT2D eigenvalue weighted by Crippen LogP contribution is -2.06. The van der Waals surface area contributed by atoms with Gasteiger partial charge in [0.25, 0.3) is 0 Å². The summed E-state index contributed by atoms with van der Waals surface area (Å²) in [6, 6.07) is 18.1. The summed E-state index contributed by atoms with van der Waals surface area (Å²) in [5.41, 5.74) is 1.31. The Hall–Kier alpha value is -2.29. The number of hydrogen-bond acceptors (Lipinski definition) is 3. The van der Waals surface area contributed by atoms with Crippen molar-refractivity contribution < 1.29 is 14.3 Å². The summed E-state index contributed by atoms with van der Waals surface area (Å²) in [7, 11) is 1.47. The summed E-state index contributed by atoms with van der Waals surface area (Å²) in [5, 5.41) is 0. The van der Waals surface area contributed by atoms with E-state index in [0.29, 0.717) is 11.8 Å². The summed E-state index contributed by atoms with van der Waals surface area (Å²) in [6.07, 6.45) is 3.09. The molecule has 0 heterocycles. The highest BCUT2D eigenvalue weighted by molar-refractivity contribution is 5.75. The topological polar surface area (TPSA) is 35.5 Å². The molecule has 3 nitrogen and oxygen atoms in total. The molecule has 1 saturated carbocycles. The van der Waals surface area contributed by atoms with Crippen molar-refractivity contribution in [2.24, 2.45) is 11.8 Å². The average Bonchev–Trinajstić information content (AvgIpc) is 3.40. The largest absolute Gasteiger partial charge is 0.469 e. The highest BCUT2D eigenvalue weighted by atomic mass is 16.5. The lowest BCUT2D eigenvalue weighted by molar-refractivity contribution is -0.142. The third-order valence-electron chi connectivity index (χ3n) is 4.84. The normalized spacial score (nSPS) is 20.2. The molecule has 2 aromatic rings. The molecule has 0 bridgehead atoms. The standard InChI is InChI=1S/C21H24O3/c1-3-15(13-17-14-20(17)21(22)23-2)16-9-11-19(12-10-16)24-18-7-5-4-6-8-18/h4-12,15,17,20H,3,13-14H2,1-2H3. The first kappa shape index (κ1) is 16.6. The molecule has 0 spiro atoms. The second-order valence-corrected chi connectivity index (χ2v) is 6.45. The van der Waals surface area contributed by atoms with E-state index in [4.69, 9.17) is 9.47 Å². The summed E-state index contributed by atoms with van der Waals surface area (Å²) in [5.74, 6) is 2.71. The minimum absolute atomic E-state index is 0.0542. The van der Waals surface area contributed by atoms with Crippen molar-refractivity contribution >= 4 is 5.97 Å². The summed E-state index contributed by atoms with van der Waals surface area (Å²) in [4.78, 5) is 11.6. The molecule has 3 atom stereocenters. The van der Waals surface area contributed by atoms with Crippen molar-refractivity contribution in [2.45, 2.75) is 32.1 Å². The van der Waals surface area contributed by atoms with Crippen molar-refractivity contribution in [1.82, 2.24) is 0 Å². The third kappa shape index (κ3) is 3.97. The number of carbonyl (C=O) groups excluding carboxylic acids is 1. The predicted molar refractivity (Wildman–Crippen MR) is 94.2 cm³/mol. The van der Waals surface area contributed by atoms with Crippen LogP contribution in [0.4, 0.5) is 0 Å². The lowest BCUT2D eigenvalue weighted by Gasteiger charge is -2.16. The van der Waals surface area contributed by atoms with Crippen LogP contribution in [-0.4, -0.2) is 13.1 Å². The van der Waals surface area contributed by atoms with Gasteiger partial charge in [0.1, 0.15) is 11.5 Å². The van der Waals surface area contributed by atoms with Gasteiger partial charge in [-0.3, -0.25) is 4.79 Å². The van der Waals surface area contributed by atoms with Crippen LogP contribution in [0.1, 0.15) is 37.7 Å². The van der Waals surface area contributed by atoms with Crippen LogP contribution in [0.5, 0.6) is 11.5 Å². The Bertz CT molecular complexity index is 663. The fourth-order valence-electron chi connectivity index (χ4n) is 3.28. The van der Waals surface area contributed by atoms with Crippen molar-refractivity contribution in [3.05, 3.63) is 60.2 Å². The Kier molecular flexibility index (Phi) is 5.19. The first-order valence-corrected chi connectivity index (χ1v) is 8.62. The van der Waals surface area contributed by atoms with Gasteiger partial charge in [-0.25, -0.2) is 0 Å². The molecule has 0 N–H and O–H groups in total. The molecule has 2 aromatic carbocycles. The van der Waals surface area contributed by atoms with Crippen LogP contribution in [-0.2, 0) is 9.53 Å². The van der Waals surface area contributed by atoms with Crippen molar-refractivity contribution in [3.8, 4) is 11.5 Å². The zero-order valence-corrected chi connectivity index (χ0v) is 14.3. The highest BCUT2D eigenvalue weighted by Crippen LogP contribution is 2.46. The van der Waals surface area contributed by atoms with E-state index in [0.717, 1.165) is 30.8 Å². The van der Waals surface area contributed by atoms with Crippen LogP contribution in [0.15, 0.2) is 54.6 Å². The number of benzene rings is 2. The number of ether oxygens (including phenoxy) is 2. The lowest BCUT2D eigenvalue weighted by atomic mass is 9.90. The summed E-state index contributed by atoms with van der Waals surface area (Å²) < 4.78 is 10.7. The van der Waals surface area contributed by atoms with Crippen LogP contribution in [0.2, 0.25) is 0 Å². The van der Waals surface area contributed by atoms with Crippen molar-refractivity contribution in [1.29, 1.82) is 0 Å². The molecule has 24 heavy (non-hydrogen) atoms. The van der Waals surface area contributed by atoms with Crippen LogP contribution >= 0.6 is 0 Å². The molecule has 0 aliphatic heterocycles. The van der Waals surface area contributed by atoms with Crippen LogP contribution < -0.4 is 4.74 Å². The van der Waals surface area contributed by atoms with E-state index in [1.807, 2.05) is 42.5 Å². The molecular formula is C21H24O3. The highest BCUT2D eigenvalue weighted by Gasteiger charge is 2.44. The fourth-order valence-corrected chi connectivity index (χ4v) is 3.28. The quantitative estimate of drug-likeness (QED) is 0.659. The molecule has 0 amide bonds. The number of carbonyl (C=O) groups is 1. The number of para-hydroxylation sites is 1. The van der Waals surface area contributed by atoms with E-state index in [2.05, 4.69) is 19.1 Å². The molecule has 3 heteroatoms. The van der Waals surface area contributed by atoms with E-state index in [1.165, 1.54) is 12.7 Å². The van der Waals surface area contributed by atoms with E-state index in [-0.39, 0.29) is 11.9 Å². The Morgan fingerprint density at radius 1 is 1.08 bits per heavy atom. The minimum Gasteiger partial charge on any atom is -0.469 e. The molecule has 0 aromatic heterocycles. The zero-order valence-electron chi connectivity index (χ0n) is 14.3. The van der Waals surface area contributed by atoms with Gasteiger partial charge in [0, 0.05) is 0 Å². The molecule has 126 valence electrons. The molecule has 1 aliphatic rings. The van der Waals surface area contributed by atoms with Gasteiger partial charge < -0.3 is 9.47 Å². The molecule has 0 radical (unpaired) electrons. The van der Waals surface area contributed by atoms with E-state index in [1.54, 1.807) is 0 Å². The first-order chi connectivity index (χ1) is 11.7. The predicted octanol–water partition coefficient (Wildman–Crippen LogP) is 5.17. The van der Waals surface area contributed by atoms with E-state index in [9.17, 15) is 4.79 Å². The first-order valence-electron chi connectivity index (χ1n) is 8.62. The van der Waals surface area contributed by atoms with Gasteiger partial charge in [-0.15, -0.1) is 0 Å². The number of methoxy groups -OCH3 is 1. The van der Waals surface area contributed by atoms with Crippen LogP contribution in [0.25, 0.3) is 0 Å². The monoisotopic (exact) mass is 324 g/mol. The summed E-state index contributed by atoms with van der Waals surface area (Å²) in [6.45, 7) is 2.20. The van der Waals surface area contributed by atoms with Gasteiger partial charge >= 0.3 is 5.97 Å². The summed E-state index contributed by atoms with van der Waals surface area (Å²) >= 11 is 0. The maximum absolute atomic E-state index is 11.6. The average molecular weight is 324 g/mol. The van der Waals surface area contributed by atoms with Crippen molar-refractivity contribution in [2.75, 3.05) is 7.11 Å². The molecule has 3 rings (SSSR count). The zero-order chi connectivity index (χ0) is 16.9. The smallest absolute Gasteiger partial charge is 0.308 e. The number of hydrogen-bond donors (Lipinski definition) is 0. The second-order valence-electron chi connectivity index (χ2n) is 6.45. The SMILES string of the molecule is CCC(CC1CC1C(=O)OC)c1ccc(Oc2ccccc2)cc1. The van der Waals surface area contributed by atoms with Gasteiger partial charge in [-0.1, -0.05) is 37.3 Å². The maximum atomic E-state index is 11.6. The third-order valence-corrected chi connectivity index (χ3v) is 4.84. The van der Waals surface area contributed by atoms with Gasteiger partial charge in [-0.05, 0) is 60.9 Å². The van der Waals surface area contributed by atoms with Gasteiger partial charge in [-0.2, -0.15) is 0 Å². The molecular weight excluding hydrogens is 300 g/mol. The Morgan fingerprint density at radius 2 is 1.75 bits per heavy atom. The van der Waals surface area contributed by atoms with Gasteiger partial charge in [0.05, 0.1) is 13.0 Å². The van der Waals surface area contributed by atoms with E-state index >= 15 is 0 Å². The van der Waals surface area contributed by atoms with Crippen molar-refractivity contribution in [3.63, 3.8) is 0 Å². The second kappa shape index (κ2) is 7.52. The molecule has 1 fully saturated rings. The Labute approximate surface area is 143 Å². The molecule has 3 unspecified atom stereocenters. The Balaban J connectivity index is 1.60. The maximum Gasteiger partial charge on any atom is 0.308 e. The van der Waals surface area contributed by atoms with Gasteiger partial charge in [0.15, 0.2) is 0 Å². The van der Waals surface area contributed by atoms with Crippen LogP contribution in [0, 0.1) is 11.8 Å². The minimum atomic E-state index is -0.0542. The molecule has 1 aliphatic carbocycles. The Morgan fingerprint density at radius 3 is 2.38 bits per heavy atom. The number of esters is 1. The molecule has 0 saturated heterocycles. The van der Waals surface area contributed by atoms with E-state index < -0.39 is 0 Å². The number of rotatable bonds is 7. The van der Waals surface area contributed by atoms with Crippen LogP contribution in [0.3, 0.4) is 0 Å². The fraction of sp³-hybridized carbons (Fsp3) is 0.381. The van der Waals surface area contributed by atoms with Gasteiger partial charge in [0.2, 0.25) is 0 Å².